The number of ether oxygens (including phenoxy) is 1. The highest BCUT2D eigenvalue weighted by molar-refractivity contribution is 6.35. The molecule has 2 nitrogen and oxygen atoms in total. The first-order chi connectivity index (χ1) is 18.4. The zero-order valence-corrected chi connectivity index (χ0v) is 22.4. The summed E-state index contributed by atoms with van der Waals surface area (Å²) >= 11 is 12.2. The molecule has 4 aromatic rings. The summed E-state index contributed by atoms with van der Waals surface area (Å²) in [6.45, 7) is 3.19. The van der Waals surface area contributed by atoms with Gasteiger partial charge in [0.25, 0.3) is 0 Å². The maximum atomic E-state index is 13.6. The van der Waals surface area contributed by atoms with Crippen molar-refractivity contribution in [1.82, 2.24) is 4.90 Å². The van der Waals surface area contributed by atoms with E-state index >= 15 is 0 Å². The Labute approximate surface area is 232 Å². The van der Waals surface area contributed by atoms with E-state index in [-0.39, 0.29) is 17.6 Å². The zero-order chi connectivity index (χ0) is 26.5. The molecule has 1 saturated heterocycles. The van der Waals surface area contributed by atoms with Crippen LogP contribution in [0.3, 0.4) is 0 Å². The summed E-state index contributed by atoms with van der Waals surface area (Å²) in [4.78, 5) is 2.46. The molecule has 4 aromatic carbocycles. The van der Waals surface area contributed by atoms with Crippen molar-refractivity contribution in [3.8, 4) is 5.75 Å². The van der Waals surface area contributed by atoms with Crippen LogP contribution in [0.1, 0.15) is 41.0 Å². The highest BCUT2D eigenvalue weighted by atomic mass is 35.5. The number of likely N-dealkylation sites (tertiary alicyclic amines) is 1. The molecule has 1 aliphatic rings. The molecule has 5 rings (SSSR count). The normalized spacial score (nSPS) is 14.7. The summed E-state index contributed by atoms with van der Waals surface area (Å²) in [6, 6.07) is 27.1. The van der Waals surface area contributed by atoms with Crippen molar-refractivity contribution in [3.63, 3.8) is 0 Å². The average molecular weight is 552 g/mol. The number of hydrogen-bond donors (Lipinski definition) is 0. The fraction of sp³-hybridized carbons (Fsp3) is 0.250. The van der Waals surface area contributed by atoms with Crippen LogP contribution in [0.4, 0.5) is 8.78 Å². The van der Waals surface area contributed by atoms with Crippen molar-refractivity contribution < 1.29 is 13.5 Å². The van der Waals surface area contributed by atoms with Crippen LogP contribution in [0, 0.1) is 17.6 Å². The molecule has 0 bridgehead atoms. The van der Waals surface area contributed by atoms with Crippen molar-refractivity contribution in [2.75, 3.05) is 13.1 Å². The van der Waals surface area contributed by atoms with Crippen LogP contribution in [0.2, 0.25) is 10.0 Å². The van der Waals surface area contributed by atoms with Gasteiger partial charge in [-0.2, -0.15) is 0 Å². The second kappa shape index (κ2) is 12.3. The summed E-state index contributed by atoms with van der Waals surface area (Å²) in [5.41, 5.74) is 4.27. The van der Waals surface area contributed by atoms with Gasteiger partial charge in [-0.1, -0.05) is 65.7 Å². The minimum absolute atomic E-state index is 0.115. The van der Waals surface area contributed by atoms with Gasteiger partial charge in [0.1, 0.15) is 24.0 Å². The lowest BCUT2D eigenvalue weighted by molar-refractivity contribution is 0.168. The van der Waals surface area contributed by atoms with Gasteiger partial charge in [0, 0.05) is 28.1 Å². The van der Waals surface area contributed by atoms with E-state index in [0.29, 0.717) is 22.6 Å². The molecule has 0 atom stereocenters. The quantitative estimate of drug-likeness (QED) is 0.217. The molecule has 0 radical (unpaired) electrons. The lowest BCUT2D eigenvalue weighted by Crippen LogP contribution is -2.35. The molecule has 0 aliphatic carbocycles. The lowest BCUT2D eigenvalue weighted by Gasteiger charge is -2.36. The van der Waals surface area contributed by atoms with E-state index in [2.05, 4.69) is 17.0 Å². The van der Waals surface area contributed by atoms with Gasteiger partial charge in [0.2, 0.25) is 0 Å². The largest absolute Gasteiger partial charge is 0.489 e. The second-order valence-corrected chi connectivity index (χ2v) is 10.7. The Morgan fingerprint density at radius 1 is 0.763 bits per heavy atom. The Hall–Kier alpha value is -2.92. The summed E-state index contributed by atoms with van der Waals surface area (Å²) in [6.07, 6.45) is 2.03. The number of benzene rings is 4. The molecule has 0 N–H and O–H groups in total. The Morgan fingerprint density at radius 3 is 1.89 bits per heavy atom. The molecule has 1 heterocycles. The first-order valence-electron chi connectivity index (χ1n) is 12.8. The fourth-order valence-electron chi connectivity index (χ4n) is 5.27. The van der Waals surface area contributed by atoms with Gasteiger partial charge in [0.05, 0.1) is 0 Å². The molecule has 0 aromatic heterocycles. The maximum absolute atomic E-state index is 13.6. The standard InChI is InChI=1S/C32H29Cl2F2NO/c33-27-8-3-26(31(34)19-27)21-38-30-13-1-22(2-14-30)20-37-17-15-25(16-18-37)32(23-4-9-28(35)10-5-23)24-6-11-29(36)12-7-24/h1-14,19,25,32H,15-18,20-21H2. The van der Waals surface area contributed by atoms with Crippen LogP contribution in [-0.4, -0.2) is 18.0 Å². The van der Waals surface area contributed by atoms with Crippen LogP contribution in [0.5, 0.6) is 5.75 Å². The van der Waals surface area contributed by atoms with Gasteiger partial charge in [0.15, 0.2) is 0 Å². The highest BCUT2D eigenvalue weighted by Gasteiger charge is 2.29. The topological polar surface area (TPSA) is 12.5 Å². The first kappa shape index (κ1) is 26.7. The van der Waals surface area contributed by atoms with Crippen molar-refractivity contribution in [1.29, 1.82) is 0 Å². The first-order valence-corrected chi connectivity index (χ1v) is 13.6. The molecule has 0 saturated carbocycles. The third-order valence-corrected chi connectivity index (χ3v) is 7.89. The number of nitrogens with zero attached hydrogens (tertiary/aromatic N) is 1. The van der Waals surface area contributed by atoms with E-state index in [0.717, 1.165) is 54.9 Å². The molecule has 0 amide bonds. The molecule has 1 fully saturated rings. The Bertz CT molecular complexity index is 1290. The Morgan fingerprint density at radius 2 is 1.34 bits per heavy atom. The lowest BCUT2D eigenvalue weighted by atomic mass is 9.76. The number of rotatable bonds is 8. The third kappa shape index (κ3) is 6.74. The van der Waals surface area contributed by atoms with Crippen molar-refractivity contribution >= 4 is 23.2 Å². The number of hydrogen-bond acceptors (Lipinski definition) is 2. The molecule has 6 heteroatoms. The molecule has 38 heavy (non-hydrogen) atoms. The van der Waals surface area contributed by atoms with E-state index in [1.54, 1.807) is 12.1 Å². The van der Waals surface area contributed by atoms with Gasteiger partial charge in [-0.05, 0) is 97.1 Å². The van der Waals surface area contributed by atoms with Gasteiger partial charge >= 0.3 is 0 Å². The van der Waals surface area contributed by atoms with Crippen LogP contribution in [0.25, 0.3) is 0 Å². The second-order valence-electron chi connectivity index (χ2n) is 9.86. The average Bonchev–Trinajstić information content (AvgIpc) is 2.92. The minimum atomic E-state index is -0.244. The Balaban J connectivity index is 1.18. The maximum Gasteiger partial charge on any atom is 0.123 e. The van der Waals surface area contributed by atoms with Crippen LogP contribution >= 0.6 is 23.2 Å². The fourth-order valence-corrected chi connectivity index (χ4v) is 5.73. The van der Waals surface area contributed by atoms with Crippen LogP contribution < -0.4 is 4.74 Å². The van der Waals surface area contributed by atoms with Crippen molar-refractivity contribution in [3.05, 3.63) is 135 Å². The van der Waals surface area contributed by atoms with Crippen molar-refractivity contribution in [2.24, 2.45) is 5.92 Å². The summed E-state index contributed by atoms with van der Waals surface area (Å²) in [5, 5.41) is 1.20. The molecule has 1 aliphatic heterocycles. The van der Waals surface area contributed by atoms with Crippen LogP contribution in [-0.2, 0) is 13.2 Å². The van der Waals surface area contributed by atoms with Crippen LogP contribution in [0.15, 0.2) is 91.0 Å². The minimum Gasteiger partial charge on any atom is -0.489 e. The van der Waals surface area contributed by atoms with Gasteiger partial charge in [-0.25, -0.2) is 8.78 Å². The molecule has 0 unspecified atom stereocenters. The third-order valence-electron chi connectivity index (χ3n) is 7.30. The molecule has 0 spiro atoms. The zero-order valence-electron chi connectivity index (χ0n) is 20.9. The Kier molecular flexibility index (Phi) is 8.63. The monoisotopic (exact) mass is 551 g/mol. The van der Waals surface area contributed by atoms with E-state index in [1.807, 2.05) is 42.5 Å². The summed E-state index contributed by atoms with van der Waals surface area (Å²) in [5.74, 6) is 0.819. The molecule has 196 valence electrons. The van der Waals surface area contributed by atoms with E-state index in [4.69, 9.17) is 27.9 Å². The molecular formula is C32H29Cl2F2NO. The predicted molar refractivity (Wildman–Crippen MR) is 150 cm³/mol. The van der Waals surface area contributed by atoms with Gasteiger partial charge < -0.3 is 4.74 Å². The van der Waals surface area contributed by atoms with Crippen molar-refractivity contribution in [2.45, 2.75) is 31.9 Å². The number of piperidine rings is 1. The smallest absolute Gasteiger partial charge is 0.123 e. The van der Waals surface area contributed by atoms with Gasteiger partial charge in [-0.15, -0.1) is 0 Å². The summed E-state index contributed by atoms with van der Waals surface area (Å²) in [7, 11) is 0. The molecular weight excluding hydrogens is 523 g/mol. The van der Waals surface area contributed by atoms with E-state index in [9.17, 15) is 8.78 Å². The SMILES string of the molecule is Fc1ccc(C(c2ccc(F)cc2)C2CCN(Cc3ccc(OCc4ccc(Cl)cc4Cl)cc3)CC2)cc1. The summed E-state index contributed by atoms with van der Waals surface area (Å²) < 4.78 is 33.1. The highest BCUT2D eigenvalue weighted by Crippen LogP contribution is 2.38. The van der Waals surface area contributed by atoms with Gasteiger partial charge in [-0.3, -0.25) is 4.90 Å². The van der Waals surface area contributed by atoms with E-state index in [1.165, 1.54) is 29.8 Å². The number of halogens is 4. The van der Waals surface area contributed by atoms with E-state index < -0.39 is 0 Å². The predicted octanol–water partition coefficient (Wildman–Crippen LogP) is 8.89.